The molecule has 35 heavy (non-hydrogen) atoms. The molecule has 1 aromatic heterocycles. The van der Waals surface area contributed by atoms with Gasteiger partial charge in [-0.15, -0.1) is 11.3 Å². The van der Waals surface area contributed by atoms with Crippen LogP contribution in [0.15, 0.2) is 51.2 Å². The van der Waals surface area contributed by atoms with Crippen LogP contribution in [0.3, 0.4) is 0 Å². The number of thiazole rings is 1. The lowest BCUT2D eigenvalue weighted by Gasteiger charge is -2.24. The first kappa shape index (κ1) is 24.5. The molecule has 2 aromatic carbocycles. The molecule has 2 N–H and O–H groups in total. The highest BCUT2D eigenvalue weighted by atomic mass is 79.9. The predicted octanol–water partition coefficient (Wildman–Crippen LogP) is 3.09. The Bertz CT molecular complexity index is 1640. The molecular weight excluding hydrogens is 528 g/mol. The van der Waals surface area contributed by atoms with Crippen LogP contribution in [0.2, 0.25) is 0 Å². The summed E-state index contributed by atoms with van der Waals surface area (Å²) in [4.78, 5) is 13.4. The van der Waals surface area contributed by atoms with Crippen LogP contribution in [0.1, 0.15) is 28.2 Å². The fraction of sp³-hybridized carbons (Fsp3) is 0.192. The molecule has 1 aliphatic heterocycles. The minimum Gasteiger partial charge on any atom is -0.496 e. The van der Waals surface area contributed by atoms with E-state index in [1.165, 1.54) is 15.9 Å². The van der Waals surface area contributed by atoms with Gasteiger partial charge in [-0.05, 0) is 47.9 Å². The Labute approximate surface area is 214 Å². The molecule has 1 aliphatic rings. The minimum atomic E-state index is -0.719. The van der Waals surface area contributed by atoms with E-state index >= 15 is 0 Å². The van der Waals surface area contributed by atoms with Crippen LogP contribution in [0.5, 0.6) is 5.75 Å². The molecule has 0 spiro atoms. The summed E-state index contributed by atoms with van der Waals surface area (Å²) >= 11 is 4.63. The lowest BCUT2D eigenvalue weighted by atomic mass is 9.82. The van der Waals surface area contributed by atoms with Crippen molar-refractivity contribution in [2.75, 3.05) is 14.2 Å². The van der Waals surface area contributed by atoms with Crippen LogP contribution in [-0.4, -0.2) is 18.8 Å². The summed E-state index contributed by atoms with van der Waals surface area (Å²) in [6, 6.07) is 15.6. The van der Waals surface area contributed by atoms with Crippen LogP contribution in [0.25, 0.3) is 17.5 Å². The zero-order chi connectivity index (χ0) is 25.3. The number of benzene rings is 2. The van der Waals surface area contributed by atoms with Gasteiger partial charge in [0.2, 0.25) is 0 Å². The van der Waals surface area contributed by atoms with Gasteiger partial charge in [0.05, 0.1) is 47.5 Å². The normalized spacial score (nSPS) is 15.5. The number of halogens is 1. The second-order valence-electron chi connectivity index (χ2n) is 7.95. The first-order chi connectivity index (χ1) is 16.8. The summed E-state index contributed by atoms with van der Waals surface area (Å²) in [5, 5.41) is 20.3. The second kappa shape index (κ2) is 9.93. The topological polar surface area (TPSA) is 114 Å². The van der Waals surface area contributed by atoms with Crippen molar-refractivity contribution in [2.45, 2.75) is 19.4 Å². The quantitative estimate of drug-likeness (QED) is 0.524. The molecule has 0 saturated carbocycles. The van der Waals surface area contributed by atoms with Crippen molar-refractivity contribution in [1.82, 2.24) is 4.57 Å². The summed E-state index contributed by atoms with van der Waals surface area (Å²) < 4.78 is 13.7. The molecule has 7 nitrogen and oxygen atoms in total. The van der Waals surface area contributed by atoms with Crippen molar-refractivity contribution in [1.29, 1.82) is 10.5 Å². The van der Waals surface area contributed by atoms with Gasteiger partial charge in [0.1, 0.15) is 16.2 Å². The number of aryl methyl sites for hydroxylation is 1. The first-order valence-electron chi connectivity index (χ1n) is 10.5. The summed E-state index contributed by atoms with van der Waals surface area (Å²) in [7, 11) is 3.15. The van der Waals surface area contributed by atoms with Crippen molar-refractivity contribution in [3.63, 3.8) is 0 Å². The number of ether oxygens (including phenoxy) is 2. The van der Waals surface area contributed by atoms with Crippen LogP contribution in [0, 0.1) is 29.6 Å². The molecule has 0 aliphatic carbocycles. The zero-order valence-corrected chi connectivity index (χ0v) is 21.7. The van der Waals surface area contributed by atoms with Crippen molar-refractivity contribution in [3.8, 4) is 17.9 Å². The Morgan fingerprint density at radius 3 is 2.57 bits per heavy atom. The fourth-order valence-corrected chi connectivity index (χ4v) is 5.71. The monoisotopic (exact) mass is 548 g/mol. The van der Waals surface area contributed by atoms with Crippen LogP contribution in [-0.2, 0) is 11.3 Å². The molecule has 0 amide bonds. The molecule has 176 valence electrons. The number of nitrogens with zero attached hydrogens (tertiary/aromatic N) is 3. The molecule has 9 heteroatoms. The molecule has 4 rings (SSSR count). The van der Waals surface area contributed by atoms with Crippen LogP contribution < -0.4 is 25.2 Å². The standard InChI is InChI=1S/C26H21BrN4O3S/c1-14-4-5-15(21(8-14)34-3)10-22-25(32)31-24(30)19(11-28)23(20(12-29)26(31)35-22)18-7-6-17(27)9-16(18)13-33-2/h4-10,23H,13,30H2,1-3H3/b22-10-. The average molecular weight is 549 g/mol. The largest absolute Gasteiger partial charge is 0.496 e. The molecule has 0 fully saturated rings. The van der Waals surface area contributed by atoms with Gasteiger partial charge in [0, 0.05) is 17.1 Å². The Kier molecular flexibility index (Phi) is 6.95. The van der Waals surface area contributed by atoms with Gasteiger partial charge in [0.15, 0.2) is 0 Å². The van der Waals surface area contributed by atoms with Gasteiger partial charge in [0.25, 0.3) is 5.56 Å². The van der Waals surface area contributed by atoms with E-state index in [0.717, 1.165) is 26.7 Å². The van der Waals surface area contributed by atoms with E-state index in [9.17, 15) is 15.3 Å². The number of rotatable bonds is 5. The number of nitriles is 2. The van der Waals surface area contributed by atoms with Gasteiger partial charge >= 0.3 is 0 Å². The van der Waals surface area contributed by atoms with Crippen LogP contribution >= 0.6 is 27.3 Å². The smallest absolute Gasteiger partial charge is 0.274 e. The summed E-state index contributed by atoms with van der Waals surface area (Å²) in [6.45, 7) is 2.24. The highest BCUT2D eigenvalue weighted by molar-refractivity contribution is 9.10. The molecule has 2 heterocycles. The molecule has 1 atom stereocenters. The van der Waals surface area contributed by atoms with Gasteiger partial charge in [-0.2, -0.15) is 10.5 Å². The second-order valence-corrected chi connectivity index (χ2v) is 9.89. The van der Waals surface area contributed by atoms with Crippen molar-refractivity contribution in [2.24, 2.45) is 5.73 Å². The molecule has 3 aromatic rings. The SMILES string of the molecule is COCc1cc(Br)ccc1C1C(C#N)=C(N)n2c(s/c(=C\c3ccc(C)cc3OC)c2=O)=C1C#N. The lowest BCUT2D eigenvalue weighted by molar-refractivity contribution is 0.184. The van der Waals surface area contributed by atoms with E-state index in [0.29, 0.717) is 14.9 Å². The Hall–Kier alpha value is -3.63. The Morgan fingerprint density at radius 1 is 1.17 bits per heavy atom. The number of nitrogens with two attached hydrogens (primary N) is 1. The number of fused-ring (bicyclic) bond motifs is 1. The van der Waals surface area contributed by atoms with E-state index in [1.54, 1.807) is 20.3 Å². The maximum absolute atomic E-state index is 13.4. The highest BCUT2D eigenvalue weighted by Gasteiger charge is 2.33. The highest BCUT2D eigenvalue weighted by Crippen LogP contribution is 2.38. The van der Waals surface area contributed by atoms with Crippen molar-refractivity contribution in [3.05, 3.63) is 88.2 Å². The third-order valence-corrected chi connectivity index (χ3v) is 7.38. The van der Waals surface area contributed by atoms with Gasteiger partial charge < -0.3 is 15.2 Å². The molecule has 0 saturated heterocycles. The van der Waals surface area contributed by atoms with E-state index in [4.69, 9.17) is 15.2 Å². The number of methoxy groups -OCH3 is 2. The lowest BCUT2D eigenvalue weighted by Crippen LogP contribution is -2.38. The maximum Gasteiger partial charge on any atom is 0.274 e. The molecular formula is C26H21BrN4O3S. The number of hydrogen-bond donors (Lipinski definition) is 1. The van der Waals surface area contributed by atoms with E-state index in [1.807, 2.05) is 43.3 Å². The van der Waals surface area contributed by atoms with Gasteiger partial charge in [-0.3, -0.25) is 9.36 Å². The molecule has 0 radical (unpaired) electrons. The Morgan fingerprint density at radius 2 is 1.91 bits per heavy atom. The maximum atomic E-state index is 13.4. The number of allylic oxidation sites excluding steroid dienone is 1. The molecule has 0 bridgehead atoms. The third-order valence-electron chi connectivity index (χ3n) is 5.78. The van der Waals surface area contributed by atoms with Crippen molar-refractivity contribution >= 4 is 44.7 Å². The van der Waals surface area contributed by atoms with Crippen molar-refractivity contribution < 1.29 is 9.47 Å². The van der Waals surface area contributed by atoms with Gasteiger partial charge in [-0.1, -0.05) is 34.1 Å². The fourth-order valence-electron chi connectivity index (χ4n) is 4.18. The number of hydrogen-bond acceptors (Lipinski definition) is 7. The number of aromatic nitrogens is 1. The van der Waals surface area contributed by atoms with E-state index < -0.39 is 11.5 Å². The third kappa shape index (κ3) is 4.30. The predicted molar refractivity (Wildman–Crippen MR) is 139 cm³/mol. The summed E-state index contributed by atoms with van der Waals surface area (Å²) in [5.41, 5.74) is 9.73. The molecule has 1 unspecified atom stereocenters. The first-order valence-corrected chi connectivity index (χ1v) is 12.1. The van der Waals surface area contributed by atoms with E-state index in [2.05, 4.69) is 28.1 Å². The Balaban J connectivity index is 2.06. The zero-order valence-electron chi connectivity index (χ0n) is 19.3. The van der Waals surface area contributed by atoms with Gasteiger partial charge in [-0.25, -0.2) is 0 Å². The van der Waals surface area contributed by atoms with Crippen LogP contribution in [0.4, 0.5) is 0 Å². The van der Waals surface area contributed by atoms with E-state index in [-0.39, 0.29) is 23.6 Å². The average Bonchev–Trinajstić information content (AvgIpc) is 3.16. The minimum absolute atomic E-state index is 0.0227. The summed E-state index contributed by atoms with van der Waals surface area (Å²) in [6.07, 6.45) is 1.72. The summed E-state index contributed by atoms with van der Waals surface area (Å²) in [5.74, 6) is -0.0685.